The number of hydrogen-bond acceptors (Lipinski definition) is 6. The van der Waals surface area contributed by atoms with E-state index >= 15 is 0 Å². The Hall–Kier alpha value is -0.110. The molecule has 5 nitrogen and oxygen atoms in total. The molecule has 0 aromatic carbocycles. The van der Waals surface area contributed by atoms with Gasteiger partial charge in [0.25, 0.3) is 0 Å². The molecule has 0 atom stereocenters. The molecule has 1 saturated carbocycles. The Morgan fingerprint density at radius 3 is 1.88 bits per heavy atom. The Morgan fingerprint density at radius 2 is 1.44 bits per heavy atom. The highest BCUT2D eigenvalue weighted by atomic mass is 33.1. The Kier molecular flexibility index (Phi) is 7.39. The number of carbonyl (C=O) groups excluding carboxylic acids is 1. The number of aliphatic hydroxyl groups is 2. The fraction of sp³-hybridized carbons (Fsp3) is 0.944. The molecule has 2 rings (SSSR count). The van der Waals surface area contributed by atoms with E-state index in [2.05, 4.69) is 0 Å². The van der Waals surface area contributed by atoms with E-state index in [1.807, 2.05) is 20.8 Å². The molecule has 0 unspecified atom stereocenters. The van der Waals surface area contributed by atoms with Gasteiger partial charge in [0.1, 0.15) is 5.60 Å². The van der Waals surface area contributed by atoms with Crippen LogP contribution in [0.1, 0.15) is 65.7 Å². The maximum atomic E-state index is 12.2. The van der Waals surface area contributed by atoms with Gasteiger partial charge in [-0.05, 0) is 46.5 Å². The molecule has 0 bridgehead atoms. The molecule has 146 valence electrons. The lowest BCUT2D eigenvalue weighted by atomic mass is 9.89. The number of amides is 1. The van der Waals surface area contributed by atoms with Crippen molar-refractivity contribution < 1.29 is 19.7 Å². The monoisotopic (exact) mass is 391 g/mol. The second-order valence-corrected chi connectivity index (χ2v) is 11.4. The van der Waals surface area contributed by atoms with E-state index in [0.29, 0.717) is 13.1 Å². The van der Waals surface area contributed by atoms with Crippen molar-refractivity contribution >= 4 is 27.7 Å². The molecule has 0 spiro atoms. The van der Waals surface area contributed by atoms with E-state index in [0.717, 1.165) is 25.7 Å². The second-order valence-electron chi connectivity index (χ2n) is 8.38. The Labute approximate surface area is 159 Å². The van der Waals surface area contributed by atoms with Crippen LogP contribution < -0.4 is 0 Å². The minimum Gasteiger partial charge on any atom is -0.444 e. The van der Waals surface area contributed by atoms with Gasteiger partial charge in [0, 0.05) is 17.8 Å². The summed E-state index contributed by atoms with van der Waals surface area (Å²) >= 11 is 0. The zero-order valence-electron chi connectivity index (χ0n) is 15.8. The first kappa shape index (κ1) is 21.2. The van der Waals surface area contributed by atoms with Crippen molar-refractivity contribution in [1.82, 2.24) is 4.90 Å². The minimum absolute atomic E-state index is 0.0621. The quantitative estimate of drug-likeness (QED) is 0.694. The lowest BCUT2D eigenvalue weighted by molar-refractivity contribution is 0.0179. The van der Waals surface area contributed by atoms with Gasteiger partial charge in [0.05, 0.1) is 18.0 Å². The molecule has 1 aliphatic heterocycles. The highest BCUT2D eigenvalue weighted by Crippen LogP contribution is 2.52. The van der Waals surface area contributed by atoms with E-state index in [9.17, 15) is 15.0 Å². The zero-order chi connectivity index (χ0) is 18.6. The summed E-state index contributed by atoms with van der Waals surface area (Å²) in [6.07, 6.45) is 6.93. The number of likely N-dealkylation sites (tertiary alicyclic amines) is 1. The van der Waals surface area contributed by atoms with Crippen LogP contribution in [-0.4, -0.2) is 62.6 Å². The first-order chi connectivity index (χ1) is 11.7. The van der Waals surface area contributed by atoms with Crippen LogP contribution in [0.25, 0.3) is 0 Å². The van der Waals surface area contributed by atoms with Gasteiger partial charge in [-0.1, -0.05) is 40.9 Å². The zero-order valence-corrected chi connectivity index (χ0v) is 17.4. The van der Waals surface area contributed by atoms with Crippen LogP contribution in [0, 0.1) is 0 Å². The van der Waals surface area contributed by atoms with Crippen molar-refractivity contribution in [3.8, 4) is 0 Å². The Balaban J connectivity index is 1.89. The number of rotatable bonds is 5. The fourth-order valence-electron chi connectivity index (χ4n) is 3.33. The Morgan fingerprint density at radius 1 is 0.960 bits per heavy atom. The average Bonchev–Trinajstić information content (AvgIpc) is 2.60. The predicted molar refractivity (Wildman–Crippen MR) is 105 cm³/mol. The molecule has 1 aliphatic carbocycles. The van der Waals surface area contributed by atoms with Gasteiger partial charge in [0.15, 0.2) is 0 Å². The van der Waals surface area contributed by atoms with Gasteiger partial charge in [-0.25, -0.2) is 4.79 Å². The summed E-state index contributed by atoms with van der Waals surface area (Å²) in [6, 6.07) is 0. The molecule has 1 saturated heterocycles. The average molecular weight is 392 g/mol. The lowest BCUT2D eigenvalue weighted by Crippen LogP contribution is -2.48. The van der Waals surface area contributed by atoms with Crippen LogP contribution in [0.15, 0.2) is 0 Å². The summed E-state index contributed by atoms with van der Waals surface area (Å²) in [5.41, 5.74) is -0.484. The summed E-state index contributed by atoms with van der Waals surface area (Å²) in [7, 11) is 3.50. The highest BCUT2D eigenvalue weighted by Gasteiger charge is 2.41. The Bertz CT molecular complexity index is 439. The van der Waals surface area contributed by atoms with Crippen LogP contribution in [0.4, 0.5) is 4.79 Å². The third-order valence-corrected chi connectivity index (χ3v) is 9.30. The van der Waals surface area contributed by atoms with E-state index in [4.69, 9.17) is 4.74 Å². The minimum atomic E-state index is -0.484. The number of piperidine rings is 1. The van der Waals surface area contributed by atoms with Gasteiger partial charge in [-0.2, -0.15) is 0 Å². The van der Waals surface area contributed by atoms with E-state index < -0.39 is 5.60 Å². The largest absolute Gasteiger partial charge is 0.444 e. The summed E-state index contributed by atoms with van der Waals surface area (Å²) in [4.78, 5) is 14.0. The molecule has 2 aliphatic rings. The fourth-order valence-corrected chi connectivity index (χ4v) is 6.97. The van der Waals surface area contributed by atoms with Gasteiger partial charge >= 0.3 is 6.09 Å². The van der Waals surface area contributed by atoms with Crippen molar-refractivity contribution in [1.29, 1.82) is 0 Å². The number of carbonyl (C=O) groups is 1. The highest BCUT2D eigenvalue weighted by molar-refractivity contribution is 8.77. The summed E-state index contributed by atoms with van der Waals surface area (Å²) in [5.74, 6) is 0. The maximum absolute atomic E-state index is 12.2. The molecule has 2 fully saturated rings. The molecule has 0 radical (unpaired) electrons. The molecule has 1 heterocycles. The summed E-state index contributed by atoms with van der Waals surface area (Å²) < 4.78 is 5.15. The number of hydrogen-bond donors (Lipinski definition) is 2. The van der Waals surface area contributed by atoms with Crippen molar-refractivity contribution in [3.63, 3.8) is 0 Å². The van der Waals surface area contributed by atoms with Crippen LogP contribution >= 0.6 is 21.6 Å². The SMILES string of the molecule is CC(C)(C)OC(=O)N1CCC(CO)(SSC2(CO)CCCCC2)CC1. The van der Waals surface area contributed by atoms with Crippen molar-refractivity contribution in [3.05, 3.63) is 0 Å². The molecular weight excluding hydrogens is 358 g/mol. The van der Waals surface area contributed by atoms with Crippen molar-refractivity contribution in [2.24, 2.45) is 0 Å². The normalized spacial score (nSPS) is 23.3. The summed E-state index contributed by atoms with van der Waals surface area (Å²) in [6.45, 7) is 7.14. The summed E-state index contributed by atoms with van der Waals surface area (Å²) in [5, 5.41) is 19.9. The first-order valence-electron chi connectivity index (χ1n) is 9.30. The van der Waals surface area contributed by atoms with Gasteiger partial charge in [-0.3, -0.25) is 0 Å². The van der Waals surface area contributed by atoms with Crippen molar-refractivity contribution in [2.75, 3.05) is 26.3 Å². The lowest BCUT2D eigenvalue weighted by Gasteiger charge is -2.42. The molecular formula is C18H33NO4S2. The molecule has 25 heavy (non-hydrogen) atoms. The standard InChI is InChI=1S/C18H33NO4S2/c1-16(2,3)23-15(22)19-11-9-18(14-21,10-12-19)25-24-17(13-20)7-5-4-6-8-17/h20-21H,4-14H2,1-3H3. The first-order valence-corrected chi connectivity index (χ1v) is 11.4. The number of aliphatic hydroxyl groups excluding tert-OH is 2. The topological polar surface area (TPSA) is 70.0 Å². The second kappa shape index (κ2) is 8.72. The maximum Gasteiger partial charge on any atom is 0.410 e. The van der Waals surface area contributed by atoms with Crippen LogP contribution in [0.2, 0.25) is 0 Å². The predicted octanol–water partition coefficient (Wildman–Crippen LogP) is 3.83. The van der Waals surface area contributed by atoms with E-state index in [-0.39, 0.29) is 28.8 Å². The molecule has 1 amide bonds. The number of ether oxygens (including phenoxy) is 1. The molecule has 7 heteroatoms. The van der Waals surface area contributed by atoms with Gasteiger partial charge < -0.3 is 19.8 Å². The third-order valence-electron chi connectivity index (χ3n) is 5.06. The molecule has 0 aromatic rings. The number of nitrogens with zero attached hydrogens (tertiary/aromatic N) is 1. The van der Waals surface area contributed by atoms with Crippen LogP contribution in [-0.2, 0) is 4.74 Å². The molecule has 0 aromatic heterocycles. The van der Waals surface area contributed by atoms with E-state index in [1.54, 1.807) is 26.5 Å². The van der Waals surface area contributed by atoms with Crippen molar-refractivity contribution in [2.45, 2.75) is 80.8 Å². The third kappa shape index (κ3) is 5.94. The van der Waals surface area contributed by atoms with Gasteiger partial charge in [-0.15, -0.1) is 0 Å². The van der Waals surface area contributed by atoms with Gasteiger partial charge in [0.2, 0.25) is 0 Å². The van der Waals surface area contributed by atoms with E-state index in [1.165, 1.54) is 19.3 Å². The smallest absolute Gasteiger partial charge is 0.410 e. The molecule has 2 N–H and O–H groups in total. The van der Waals surface area contributed by atoms with Crippen LogP contribution in [0.5, 0.6) is 0 Å². The van der Waals surface area contributed by atoms with Crippen LogP contribution in [0.3, 0.4) is 0 Å².